The molecule has 1 fully saturated rings. The van der Waals surface area contributed by atoms with E-state index in [1.54, 1.807) is 11.8 Å². The Morgan fingerprint density at radius 3 is 2.59 bits per heavy atom. The zero-order valence-corrected chi connectivity index (χ0v) is 15.0. The molecule has 6 nitrogen and oxygen atoms in total. The number of aromatic amines is 1. The summed E-state index contributed by atoms with van der Waals surface area (Å²) in [5.74, 6) is -0.359. The standard InChI is InChI=1S/C17H16ClF3N4O2/c1-10(11-4-2-3-5-12(11)17(19,20)21)25-7-6-24(9-14(25)26)13-8-22-23-16(27)15(13)18/h2-5,8,10H,6-7,9H2,1H3,(H,23,27). The van der Waals surface area contributed by atoms with Crippen LogP contribution in [0.2, 0.25) is 5.02 Å². The lowest BCUT2D eigenvalue weighted by molar-refractivity contribution is -0.141. The van der Waals surface area contributed by atoms with Gasteiger partial charge in [0.05, 0.1) is 30.0 Å². The third-order valence-corrected chi connectivity index (χ3v) is 4.92. The Hall–Kier alpha value is -2.55. The van der Waals surface area contributed by atoms with Gasteiger partial charge in [-0.15, -0.1) is 0 Å². The molecule has 144 valence electrons. The highest BCUT2D eigenvalue weighted by atomic mass is 35.5. The Labute approximate surface area is 157 Å². The summed E-state index contributed by atoms with van der Waals surface area (Å²) in [7, 11) is 0. The number of H-pyrrole nitrogens is 1. The van der Waals surface area contributed by atoms with Crippen molar-refractivity contribution in [1.29, 1.82) is 0 Å². The summed E-state index contributed by atoms with van der Waals surface area (Å²) >= 11 is 5.96. The third-order valence-electron chi connectivity index (χ3n) is 4.56. The highest BCUT2D eigenvalue weighted by molar-refractivity contribution is 6.33. The number of carbonyl (C=O) groups excluding carboxylic acids is 1. The predicted octanol–water partition coefficient (Wildman–Crippen LogP) is 2.85. The van der Waals surface area contributed by atoms with E-state index >= 15 is 0 Å². The van der Waals surface area contributed by atoms with E-state index < -0.39 is 23.3 Å². The lowest BCUT2D eigenvalue weighted by atomic mass is 9.99. The average molecular weight is 401 g/mol. The maximum absolute atomic E-state index is 13.3. The second-order valence-corrected chi connectivity index (χ2v) is 6.55. The van der Waals surface area contributed by atoms with Gasteiger partial charge >= 0.3 is 6.18 Å². The number of amides is 1. The number of anilines is 1. The highest BCUT2D eigenvalue weighted by Gasteiger charge is 2.37. The number of benzene rings is 1. The summed E-state index contributed by atoms with van der Waals surface area (Å²) in [5, 5.41) is 5.78. The number of nitrogens with zero attached hydrogens (tertiary/aromatic N) is 3. The first kappa shape index (κ1) is 19.2. The molecule has 0 radical (unpaired) electrons. The Morgan fingerprint density at radius 2 is 1.93 bits per heavy atom. The smallest absolute Gasteiger partial charge is 0.358 e. The van der Waals surface area contributed by atoms with Crippen LogP contribution in [0.3, 0.4) is 0 Å². The first-order valence-corrected chi connectivity index (χ1v) is 8.51. The molecular weight excluding hydrogens is 385 g/mol. The molecule has 2 heterocycles. The minimum atomic E-state index is -4.50. The average Bonchev–Trinajstić information content (AvgIpc) is 2.62. The molecule has 0 spiro atoms. The molecule has 1 atom stereocenters. The van der Waals surface area contributed by atoms with E-state index in [4.69, 9.17) is 11.6 Å². The lowest BCUT2D eigenvalue weighted by Gasteiger charge is -2.39. The van der Waals surface area contributed by atoms with Crippen molar-refractivity contribution < 1.29 is 18.0 Å². The van der Waals surface area contributed by atoms with Crippen molar-refractivity contribution in [3.8, 4) is 0 Å². The normalized spacial score (nSPS) is 16.6. The van der Waals surface area contributed by atoms with Gasteiger partial charge in [-0.1, -0.05) is 29.8 Å². The van der Waals surface area contributed by atoms with Crippen molar-refractivity contribution in [1.82, 2.24) is 15.1 Å². The number of aromatic nitrogens is 2. The number of alkyl halides is 3. The summed E-state index contributed by atoms with van der Waals surface area (Å²) < 4.78 is 39.8. The fraction of sp³-hybridized carbons (Fsp3) is 0.353. The van der Waals surface area contributed by atoms with E-state index in [9.17, 15) is 22.8 Å². The molecule has 1 aliphatic rings. The van der Waals surface area contributed by atoms with E-state index in [2.05, 4.69) is 10.2 Å². The van der Waals surface area contributed by atoms with Crippen LogP contribution < -0.4 is 10.5 Å². The number of piperazine rings is 1. The van der Waals surface area contributed by atoms with Crippen LogP contribution in [0.5, 0.6) is 0 Å². The summed E-state index contributed by atoms with van der Waals surface area (Å²) in [6.07, 6.45) is -3.16. The second kappa shape index (κ2) is 7.22. The molecule has 0 bridgehead atoms. The maximum Gasteiger partial charge on any atom is 0.416 e. The van der Waals surface area contributed by atoms with E-state index in [-0.39, 0.29) is 29.6 Å². The molecule has 0 aliphatic carbocycles. The molecule has 2 aromatic rings. The molecule has 27 heavy (non-hydrogen) atoms. The topological polar surface area (TPSA) is 69.3 Å². The monoisotopic (exact) mass is 400 g/mol. The quantitative estimate of drug-likeness (QED) is 0.860. The van der Waals surface area contributed by atoms with Gasteiger partial charge in [0.1, 0.15) is 5.02 Å². The van der Waals surface area contributed by atoms with Crippen molar-refractivity contribution in [2.24, 2.45) is 0 Å². The molecule has 10 heteroatoms. The summed E-state index contributed by atoms with van der Waals surface area (Å²) in [5.41, 5.74) is -0.967. The van der Waals surface area contributed by atoms with Crippen molar-refractivity contribution >= 4 is 23.2 Å². The number of halogens is 4. The zero-order valence-electron chi connectivity index (χ0n) is 14.3. The number of nitrogens with one attached hydrogen (secondary N) is 1. The molecular formula is C17H16ClF3N4O2. The largest absolute Gasteiger partial charge is 0.416 e. The molecule has 1 amide bonds. The zero-order chi connectivity index (χ0) is 19.8. The molecule has 0 saturated carbocycles. The molecule has 3 rings (SSSR count). The Morgan fingerprint density at radius 1 is 1.22 bits per heavy atom. The van der Waals surface area contributed by atoms with Crippen LogP contribution in [-0.4, -0.2) is 40.6 Å². The molecule has 1 aromatic carbocycles. The van der Waals surface area contributed by atoms with Crippen LogP contribution in [0, 0.1) is 0 Å². The van der Waals surface area contributed by atoms with Gasteiger partial charge in [-0.25, -0.2) is 5.10 Å². The van der Waals surface area contributed by atoms with Gasteiger partial charge in [0.25, 0.3) is 5.56 Å². The minimum absolute atomic E-state index is 0.0441. The van der Waals surface area contributed by atoms with Gasteiger partial charge in [-0.2, -0.15) is 18.3 Å². The van der Waals surface area contributed by atoms with Crippen molar-refractivity contribution in [3.63, 3.8) is 0 Å². The Bertz CT molecular complexity index is 916. The van der Waals surface area contributed by atoms with E-state index in [0.29, 0.717) is 12.2 Å². The van der Waals surface area contributed by atoms with Crippen LogP contribution >= 0.6 is 11.6 Å². The molecule has 1 saturated heterocycles. The van der Waals surface area contributed by atoms with Crippen molar-refractivity contribution in [3.05, 3.63) is 57.0 Å². The van der Waals surface area contributed by atoms with Gasteiger partial charge in [-0.3, -0.25) is 9.59 Å². The first-order chi connectivity index (χ1) is 12.7. The van der Waals surface area contributed by atoms with Gasteiger partial charge in [-0.05, 0) is 18.6 Å². The van der Waals surface area contributed by atoms with Crippen LogP contribution in [0.4, 0.5) is 18.9 Å². The number of rotatable bonds is 3. The number of carbonyl (C=O) groups is 1. The summed E-state index contributed by atoms with van der Waals surface area (Å²) in [6, 6.07) is 4.48. The second-order valence-electron chi connectivity index (χ2n) is 6.17. The van der Waals surface area contributed by atoms with Crippen molar-refractivity contribution in [2.75, 3.05) is 24.5 Å². The highest BCUT2D eigenvalue weighted by Crippen LogP contribution is 2.36. The Balaban J connectivity index is 1.83. The summed E-state index contributed by atoms with van der Waals surface area (Å²) in [6.45, 7) is 1.97. The molecule has 1 aliphatic heterocycles. The van der Waals surface area contributed by atoms with Crippen LogP contribution in [0.25, 0.3) is 0 Å². The van der Waals surface area contributed by atoms with Gasteiger partial charge in [0, 0.05) is 13.1 Å². The van der Waals surface area contributed by atoms with Gasteiger partial charge < -0.3 is 9.80 Å². The van der Waals surface area contributed by atoms with E-state index in [1.807, 2.05) is 0 Å². The maximum atomic E-state index is 13.3. The lowest BCUT2D eigenvalue weighted by Crippen LogP contribution is -2.51. The van der Waals surface area contributed by atoms with E-state index in [1.165, 1.54) is 29.3 Å². The van der Waals surface area contributed by atoms with Crippen LogP contribution in [0.1, 0.15) is 24.1 Å². The molecule has 1 aromatic heterocycles. The van der Waals surface area contributed by atoms with Gasteiger partial charge in [0.2, 0.25) is 5.91 Å². The molecule has 1 unspecified atom stereocenters. The first-order valence-electron chi connectivity index (χ1n) is 8.14. The fourth-order valence-corrected chi connectivity index (χ4v) is 3.39. The van der Waals surface area contributed by atoms with E-state index in [0.717, 1.165) is 6.07 Å². The van der Waals surface area contributed by atoms with Gasteiger partial charge in [0.15, 0.2) is 0 Å². The van der Waals surface area contributed by atoms with Crippen LogP contribution in [0.15, 0.2) is 35.3 Å². The number of hydrogen-bond acceptors (Lipinski definition) is 4. The minimum Gasteiger partial charge on any atom is -0.358 e. The van der Waals surface area contributed by atoms with Crippen LogP contribution in [-0.2, 0) is 11.0 Å². The SMILES string of the molecule is CC(c1ccccc1C(F)(F)F)N1CCN(c2cn[nH]c(=O)c2Cl)CC1=O. The van der Waals surface area contributed by atoms with Crippen molar-refractivity contribution in [2.45, 2.75) is 19.1 Å². The Kier molecular flexibility index (Phi) is 5.14. The number of hydrogen-bond donors (Lipinski definition) is 1. The fourth-order valence-electron chi connectivity index (χ4n) is 3.18. The third kappa shape index (κ3) is 3.78. The molecule has 1 N–H and O–H groups in total. The predicted molar refractivity (Wildman–Crippen MR) is 93.7 cm³/mol. The summed E-state index contributed by atoms with van der Waals surface area (Å²) in [4.78, 5) is 27.2.